The van der Waals surface area contributed by atoms with Gasteiger partial charge in [-0.1, -0.05) is 68.2 Å². The van der Waals surface area contributed by atoms with Gasteiger partial charge < -0.3 is 20.8 Å². The molecule has 0 bridgehead atoms. The monoisotopic (exact) mass is 535 g/mol. The number of aliphatic hydroxyl groups is 2. The average molecular weight is 536 g/mol. The van der Waals surface area contributed by atoms with Gasteiger partial charge in [-0.05, 0) is 47.6 Å². The van der Waals surface area contributed by atoms with E-state index in [2.05, 4.69) is 16.7 Å². The van der Waals surface area contributed by atoms with Crippen LogP contribution in [0.25, 0.3) is 0 Å². The fourth-order valence-electron chi connectivity index (χ4n) is 5.05. The average Bonchev–Trinajstić information content (AvgIpc) is 3.14. The van der Waals surface area contributed by atoms with Gasteiger partial charge in [0.05, 0.1) is 29.8 Å². The van der Waals surface area contributed by atoms with Crippen molar-refractivity contribution in [1.82, 2.24) is 10.6 Å². The number of rotatable bonds is 8. The summed E-state index contributed by atoms with van der Waals surface area (Å²) in [5, 5.41) is 36.1. The summed E-state index contributed by atoms with van der Waals surface area (Å²) < 4.78 is 15.5. The van der Waals surface area contributed by atoms with E-state index in [1.807, 2.05) is 20.8 Å². The molecular weight excluding hydrogens is 504 g/mol. The van der Waals surface area contributed by atoms with E-state index in [0.29, 0.717) is 17.0 Å². The van der Waals surface area contributed by atoms with Gasteiger partial charge >= 0.3 is 0 Å². The molecule has 9 heteroatoms. The van der Waals surface area contributed by atoms with Gasteiger partial charge in [0.25, 0.3) is 0 Å². The zero-order chi connectivity index (χ0) is 26.7. The summed E-state index contributed by atoms with van der Waals surface area (Å²) in [4.78, 5) is 13.5. The van der Waals surface area contributed by atoms with E-state index in [9.17, 15) is 15.2 Å². The number of aliphatic hydroxyl groups excluding tert-OH is 2. The summed E-state index contributed by atoms with van der Waals surface area (Å²) in [6.45, 7) is 5.80. The molecule has 194 valence electrons. The van der Waals surface area contributed by atoms with Crippen molar-refractivity contribution in [3.63, 3.8) is 0 Å². The maximum absolute atomic E-state index is 15.5. The third kappa shape index (κ3) is 5.85. The van der Waals surface area contributed by atoms with E-state index < -0.39 is 47.9 Å². The summed E-state index contributed by atoms with van der Waals surface area (Å²) in [6, 6.07) is 12.5. The minimum absolute atomic E-state index is 0.0973. The summed E-state index contributed by atoms with van der Waals surface area (Å²) >= 11 is 12.3. The van der Waals surface area contributed by atoms with Crippen LogP contribution in [0.1, 0.15) is 50.7 Å². The Hall–Kier alpha value is -2.21. The zero-order valence-electron chi connectivity index (χ0n) is 20.6. The van der Waals surface area contributed by atoms with Crippen LogP contribution in [0.4, 0.5) is 4.39 Å². The number of carbonyl (C=O) groups is 1. The van der Waals surface area contributed by atoms with E-state index in [0.717, 1.165) is 0 Å². The lowest BCUT2D eigenvalue weighted by atomic mass is 9.63. The zero-order valence-corrected chi connectivity index (χ0v) is 22.1. The maximum atomic E-state index is 15.5. The smallest absolute Gasteiger partial charge is 0.237 e. The first-order valence-corrected chi connectivity index (χ1v) is 12.6. The molecule has 4 N–H and O–H groups in total. The first-order valence-electron chi connectivity index (χ1n) is 11.9. The van der Waals surface area contributed by atoms with Crippen LogP contribution in [0.5, 0.6) is 0 Å². The van der Waals surface area contributed by atoms with Crippen LogP contribution < -0.4 is 10.6 Å². The molecule has 1 aliphatic heterocycles. The highest BCUT2D eigenvalue weighted by Crippen LogP contribution is 2.52. The highest BCUT2D eigenvalue weighted by molar-refractivity contribution is 6.31. The van der Waals surface area contributed by atoms with E-state index in [1.165, 1.54) is 6.07 Å². The molecule has 36 heavy (non-hydrogen) atoms. The van der Waals surface area contributed by atoms with Crippen LogP contribution in [0, 0.1) is 22.6 Å². The van der Waals surface area contributed by atoms with E-state index in [4.69, 9.17) is 28.3 Å². The Kier molecular flexibility index (Phi) is 9.02. The number of hydrogen-bond acceptors (Lipinski definition) is 5. The van der Waals surface area contributed by atoms with Crippen molar-refractivity contribution in [3.8, 4) is 6.07 Å². The summed E-state index contributed by atoms with van der Waals surface area (Å²) in [5.74, 6) is -2.03. The van der Waals surface area contributed by atoms with Crippen molar-refractivity contribution in [2.24, 2.45) is 5.41 Å². The lowest BCUT2D eigenvalue weighted by Gasteiger charge is -2.37. The largest absolute Gasteiger partial charge is 0.394 e. The van der Waals surface area contributed by atoms with Crippen LogP contribution in [0.2, 0.25) is 10.0 Å². The quantitative estimate of drug-likeness (QED) is 0.403. The van der Waals surface area contributed by atoms with Crippen LogP contribution >= 0.6 is 23.2 Å². The Morgan fingerprint density at radius 2 is 1.92 bits per heavy atom. The van der Waals surface area contributed by atoms with Crippen LogP contribution in [0.15, 0.2) is 42.5 Å². The predicted molar refractivity (Wildman–Crippen MR) is 138 cm³/mol. The summed E-state index contributed by atoms with van der Waals surface area (Å²) in [7, 11) is 0. The highest BCUT2D eigenvalue weighted by Gasteiger charge is 2.60. The van der Waals surface area contributed by atoms with Crippen molar-refractivity contribution in [1.29, 1.82) is 5.26 Å². The molecule has 0 aromatic heterocycles. The first kappa shape index (κ1) is 28.4. The maximum Gasteiger partial charge on any atom is 0.237 e. The number of halogens is 3. The Morgan fingerprint density at radius 1 is 1.25 bits per heavy atom. The number of amides is 1. The molecule has 2 aromatic rings. The van der Waals surface area contributed by atoms with Crippen LogP contribution in [-0.2, 0) is 10.2 Å². The second-order valence-electron chi connectivity index (χ2n) is 10.5. The Labute approximate surface area is 221 Å². The summed E-state index contributed by atoms with van der Waals surface area (Å²) in [5.41, 5.74) is -0.763. The number of hydrogen-bond donors (Lipinski definition) is 4. The number of nitriles is 1. The molecule has 5 atom stereocenters. The third-order valence-corrected chi connectivity index (χ3v) is 7.21. The molecule has 1 amide bonds. The molecule has 1 fully saturated rings. The Morgan fingerprint density at radius 3 is 2.50 bits per heavy atom. The fourth-order valence-corrected chi connectivity index (χ4v) is 5.36. The number of nitrogens with one attached hydrogen (secondary N) is 2. The summed E-state index contributed by atoms with van der Waals surface area (Å²) in [6.07, 6.45) is -0.296. The highest BCUT2D eigenvalue weighted by atomic mass is 35.5. The van der Waals surface area contributed by atoms with Crippen molar-refractivity contribution >= 4 is 29.1 Å². The second kappa shape index (κ2) is 11.5. The van der Waals surface area contributed by atoms with Gasteiger partial charge in [0.15, 0.2) is 0 Å². The Balaban J connectivity index is 2.19. The van der Waals surface area contributed by atoms with Crippen LogP contribution in [-0.4, -0.2) is 47.5 Å². The standard InChI is InChI=1S/C27H32Cl2FN3O3/c1-26(2,3)13-21-27(15-31,16-7-9-17(28)10-8-16)22(19-5-4-6-20(29)23(19)30)24(33-21)25(36)32-12-11-18(35)14-34/h4-10,18,21-22,24,33-35H,11-14H2,1-3H3,(H,32,36)/t18-,21?,22?,24?,27?/m1/s1. The Bertz CT molecular complexity index is 1120. The number of benzene rings is 2. The lowest BCUT2D eigenvalue weighted by molar-refractivity contribution is -0.123. The molecule has 4 unspecified atom stereocenters. The van der Waals surface area contributed by atoms with E-state index >= 15 is 4.39 Å². The van der Waals surface area contributed by atoms with Crippen molar-refractivity contribution in [3.05, 3.63) is 69.5 Å². The predicted octanol–water partition coefficient (Wildman–Crippen LogP) is 4.31. The topological polar surface area (TPSA) is 105 Å². The molecule has 0 aliphatic carbocycles. The van der Waals surface area contributed by atoms with Gasteiger partial charge in [-0.25, -0.2) is 4.39 Å². The van der Waals surface area contributed by atoms with Crippen molar-refractivity contribution < 1.29 is 19.4 Å². The number of carbonyl (C=O) groups excluding carboxylic acids is 1. The van der Waals surface area contributed by atoms with Gasteiger partial charge in [-0.3, -0.25) is 4.79 Å². The van der Waals surface area contributed by atoms with Gasteiger partial charge in [0.1, 0.15) is 11.2 Å². The van der Waals surface area contributed by atoms with Gasteiger partial charge in [0.2, 0.25) is 5.91 Å². The minimum Gasteiger partial charge on any atom is -0.394 e. The van der Waals surface area contributed by atoms with Crippen LogP contribution in [0.3, 0.4) is 0 Å². The molecule has 1 heterocycles. The molecule has 0 radical (unpaired) electrons. The van der Waals surface area contributed by atoms with Crippen molar-refractivity contribution in [2.45, 2.75) is 63.1 Å². The van der Waals surface area contributed by atoms with Gasteiger partial charge in [-0.15, -0.1) is 0 Å². The lowest BCUT2D eigenvalue weighted by Crippen LogP contribution is -2.46. The molecule has 0 spiro atoms. The molecule has 3 rings (SSSR count). The SMILES string of the molecule is CC(C)(C)CC1NC(C(=O)NCC[C@@H](O)CO)C(c2cccc(Cl)c2F)C1(C#N)c1ccc(Cl)cc1. The van der Waals surface area contributed by atoms with Gasteiger partial charge in [0, 0.05) is 23.5 Å². The fraction of sp³-hybridized carbons (Fsp3) is 0.481. The molecule has 2 aromatic carbocycles. The second-order valence-corrected chi connectivity index (χ2v) is 11.3. The van der Waals surface area contributed by atoms with Gasteiger partial charge in [-0.2, -0.15) is 5.26 Å². The normalized spacial score (nSPS) is 24.8. The van der Waals surface area contributed by atoms with E-state index in [-0.39, 0.29) is 29.0 Å². The first-order chi connectivity index (χ1) is 16.9. The molecule has 1 aliphatic rings. The molecule has 1 saturated heterocycles. The molecule has 0 saturated carbocycles. The van der Waals surface area contributed by atoms with Crippen molar-refractivity contribution in [2.75, 3.05) is 13.2 Å². The number of nitrogens with zero attached hydrogens (tertiary/aromatic N) is 1. The molecular formula is C27H32Cl2FN3O3. The minimum atomic E-state index is -1.32. The molecule has 6 nitrogen and oxygen atoms in total. The third-order valence-electron chi connectivity index (χ3n) is 6.66. The van der Waals surface area contributed by atoms with E-state index in [1.54, 1.807) is 36.4 Å².